The number of nitrogens with zero attached hydrogens (tertiary/aromatic N) is 2. The van der Waals surface area contributed by atoms with Crippen molar-refractivity contribution in [3.05, 3.63) is 23.7 Å². The Morgan fingerprint density at radius 3 is 2.83 bits per heavy atom. The van der Waals surface area contributed by atoms with Gasteiger partial charge >= 0.3 is 6.03 Å². The third-order valence-corrected chi connectivity index (χ3v) is 4.76. The van der Waals surface area contributed by atoms with E-state index in [-0.39, 0.29) is 18.0 Å². The average molecular weight is 319 g/mol. The molecule has 3 heterocycles. The maximum Gasteiger partial charge on any atom is 0.317 e. The van der Waals surface area contributed by atoms with Gasteiger partial charge in [0.25, 0.3) is 5.91 Å². The minimum atomic E-state index is 0.0427. The van der Waals surface area contributed by atoms with Crippen LogP contribution in [-0.2, 0) is 6.42 Å². The molecule has 1 N–H and O–H groups in total. The molecule has 2 aliphatic heterocycles. The van der Waals surface area contributed by atoms with Crippen LogP contribution in [0, 0.1) is 0 Å². The molecule has 0 spiro atoms. The van der Waals surface area contributed by atoms with Crippen molar-refractivity contribution in [1.29, 1.82) is 0 Å². The second-order valence-electron chi connectivity index (χ2n) is 6.31. The molecule has 3 rings (SSSR count). The average Bonchev–Trinajstić information content (AvgIpc) is 3.03. The van der Waals surface area contributed by atoms with E-state index in [1.165, 1.54) is 0 Å². The van der Waals surface area contributed by atoms with Crippen LogP contribution in [-0.4, -0.2) is 54.0 Å². The summed E-state index contributed by atoms with van der Waals surface area (Å²) in [6.07, 6.45) is 6.04. The lowest BCUT2D eigenvalue weighted by Crippen LogP contribution is -2.54. The van der Waals surface area contributed by atoms with Gasteiger partial charge in [0.05, 0.1) is 11.8 Å². The molecule has 0 radical (unpaired) electrons. The van der Waals surface area contributed by atoms with Gasteiger partial charge in [0.15, 0.2) is 0 Å². The molecule has 0 aromatic carbocycles. The highest BCUT2D eigenvalue weighted by molar-refractivity contribution is 5.95. The molecule has 6 heteroatoms. The fraction of sp³-hybridized carbons (Fsp3) is 0.647. The molecule has 0 aliphatic carbocycles. The van der Waals surface area contributed by atoms with Crippen molar-refractivity contribution in [1.82, 2.24) is 15.1 Å². The van der Waals surface area contributed by atoms with E-state index in [4.69, 9.17) is 4.42 Å². The number of hydrogen-bond donors (Lipinski definition) is 1. The van der Waals surface area contributed by atoms with Crippen LogP contribution in [0.2, 0.25) is 0 Å². The highest BCUT2D eigenvalue weighted by Gasteiger charge is 2.31. The van der Waals surface area contributed by atoms with E-state index >= 15 is 0 Å². The smallest absolute Gasteiger partial charge is 0.317 e. The summed E-state index contributed by atoms with van der Waals surface area (Å²) in [6, 6.07) is 2.07. The van der Waals surface area contributed by atoms with Crippen molar-refractivity contribution in [2.45, 2.75) is 45.1 Å². The third kappa shape index (κ3) is 3.35. The predicted octanol–water partition coefficient (Wildman–Crippen LogP) is 2.25. The van der Waals surface area contributed by atoms with Crippen molar-refractivity contribution in [3.8, 4) is 0 Å². The molecule has 0 unspecified atom stereocenters. The van der Waals surface area contributed by atoms with Crippen LogP contribution in [0.15, 0.2) is 16.7 Å². The maximum atomic E-state index is 12.7. The number of nitrogens with one attached hydrogen (secondary N) is 1. The van der Waals surface area contributed by atoms with Gasteiger partial charge in [-0.05, 0) is 31.7 Å². The lowest BCUT2D eigenvalue weighted by atomic mass is 10.0. The zero-order valence-corrected chi connectivity index (χ0v) is 13.7. The second kappa shape index (κ2) is 7.06. The van der Waals surface area contributed by atoms with Crippen LogP contribution in [0.3, 0.4) is 0 Å². The fourth-order valence-corrected chi connectivity index (χ4v) is 3.50. The molecule has 3 amide bonds. The Bertz CT molecular complexity index is 561. The van der Waals surface area contributed by atoms with Gasteiger partial charge in [-0.3, -0.25) is 4.79 Å². The standard InChI is InChI=1S/C17H25N3O3/c1-2-4-15-14(7-12-23-15)16(21)19-10-5-13(6-11-19)20-9-3-8-18-17(20)22/h7,12-13H,2-6,8-11H2,1H3,(H,18,22). The van der Waals surface area contributed by atoms with Gasteiger partial charge < -0.3 is 19.5 Å². The normalized spacial score (nSPS) is 19.8. The molecule has 2 aliphatic rings. The number of hydrogen-bond acceptors (Lipinski definition) is 3. The molecule has 2 fully saturated rings. The van der Waals surface area contributed by atoms with E-state index in [9.17, 15) is 9.59 Å². The molecule has 2 saturated heterocycles. The number of likely N-dealkylation sites (tertiary alicyclic amines) is 1. The summed E-state index contributed by atoms with van der Waals surface area (Å²) >= 11 is 0. The number of urea groups is 1. The van der Waals surface area contributed by atoms with Crippen molar-refractivity contribution in [3.63, 3.8) is 0 Å². The number of rotatable bonds is 4. The Hall–Kier alpha value is -1.98. The van der Waals surface area contributed by atoms with Crippen LogP contribution < -0.4 is 5.32 Å². The van der Waals surface area contributed by atoms with Gasteiger partial charge in [-0.1, -0.05) is 6.92 Å². The molecule has 1 aromatic heterocycles. The Morgan fingerprint density at radius 1 is 1.35 bits per heavy atom. The van der Waals surface area contributed by atoms with Crippen LogP contribution in [0.1, 0.15) is 48.7 Å². The topological polar surface area (TPSA) is 65.8 Å². The number of aryl methyl sites for hydroxylation is 1. The quantitative estimate of drug-likeness (QED) is 0.925. The number of amides is 3. The molecule has 23 heavy (non-hydrogen) atoms. The minimum absolute atomic E-state index is 0.0427. The Morgan fingerprint density at radius 2 is 2.13 bits per heavy atom. The molecule has 126 valence electrons. The largest absolute Gasteiger partial charge is 0.469 e. The molecule has 0 bridgehead atoms. The maximum absolute atomic E-state index is 12.7. The summed E-state index contributed by atoms with van der Waals surface area (Å²) in [6.45, 7) is 5.07. The Balaban J connectivity index is 1.59. The first-order valence-electron chi connectivity index (χ1n) is 8.60. The summed E-state index contributed by atoms with van der Waals surface area (Å²) in [5.74, 6) is 0.846. The van der Waals surface area contributed by atoms with E-state index in [1.54, 1.807) is 12.3 Å². The first-order chi connectivity index (χ1) is 11.2. The molecular weight excluding hydrogens is 294 g/mol. The Labute approximate surface area is 136 Å². The van der Waals surface area contributed by atoms with Gasteiger partial charge in [0.2, 0.25) is 0 Å². The molecule has 6 nitrogen and oxygen atoms in total. The number of carbonyl (C=O) groups is 2. The van der Waals surface area contributed by atoms with E-state index in [0.29, 0.717) is 18.7 Å². The van der Waals surface area contributed by atoms with Gasteiger partial charge in [-0.2, -0.15) is 0 Å². The highest BCUT2D eigenvalue weighted by Crippen LogP contribution is 2.22. The second-order valence-corrected chi connectivity index (χ2v) is 6.31. The van der Waals surface area contributed by atoms with Crippen LogP contribution in [0.5, 0.6) is 0 Å². The lowest BCUT2D eigenvalue weighted by molar-refractivity contribution is 0.0640. The minimum Gasteiger partial charge on any atom is -0.469 e. The van der Waals surface area contributed by atoms with Crippen LogP contribution in [0.4, 0.5) is 4.79 Å². The van der Waals surface area contributed by atoms with Gasteiger partial charge in [-0.25, -0.2) is 4.79 Å². The highest BCUT2D eigenvalue weighted by atomic mass is 16.3. The lowest BCUT2D eigenvalue weighted by Gasteiger charge is -2.40. The monoisotopic (exact) mass is 319 g/mol. The number of carbonyl (C=O) groups excluding carboxylic acids is 2. The number of piperidine rings is 1. The summed E-state index contributed by atoms with van der Waals surface area (Å²) in [7, 11) is 0. The summed E-state index contributed by atoms with van der Waals surface area (Å²) in [4.78, 5) is 28.4. The zero-order chi connectivity index (χ0) is 16.2. The molecule has 1 aromatic rings. The summed E-state index contributed by atoms with van der Waals surface area (Å²) in [5, 5.41) is 2.90. The SMILES string of the molecule is CCCc1occc1C(=O)N1CCC(N2CCCNC2=O)CC1. The van der Waals surface area contributed by atoms with Gasteiger partial charge in [0.1, 0.15) is 5.76 Å². The van der Waals surface area contributed by atoms with Crippen LogP contribution in [0.25, 0.3) is 0 Å². The van der Waals surface area contributed by atoms with Gasteiger partial charge in [0, 0.05) is 38.6 Å². The van der Waals surface area contributed by atoms with E-state index in [2.05, 4.69) is 12.2 Å². The zero-order valence-electron chi connectivity index (χ0n) is 13.7. The molecule has 0 saturated carbocycles. The summed E-state index contributed by atoms with van der Waals surface area (Å²) in [5.41, 5.74) is 0.695. The molecular formula is C17H25N3O3. The van der Waals surface area contributed by atoms with Crippen LogP contribution >= 0.6 is 0 Å². The predicted molar refractivity (Wildman–Crippen MR) is 86.4 cm³/mol. The van der Waals surface area contributed by atoms with Gasteiger partial charge in [-0.15, -0.1) is 0 Å². The van der Waals surface area contributed by atoms with E-state index in [1.807, 2.05) is 9.80 Å². The van der Waals surface area contributed by atoms with Crippen molar-refractivity contribution in [2.75, 3.05) is 26.2 Å². The third-order valence-electron chi connectivity index (χ3n) is 4.76. The van der Waals surface area contributed by atoms with E-state index < -0.39 is 0 Å². The van der Waals surface area contributed by atoms with Crippen molar-refractivity contribution >= 4 is 11.9 Å². The molecule has 0 atom stereocenters. The van der Waals surface area contributed by atoms with Crippen molar-refractivity contribution < 1.29 is 14.0 Å². The van der Waals surface area contributed by atoms with E-state index in [0.717, 1.165) is 51.0 Å². The fourth-order valence-electron chi connectivity index (χ4n) is 3.50. The van der Waals surface area contributed by atoms with Crippen molar-refractivity contribution in [2.24, 2.45) is 0 Å². The first kappa shape index (κ1) is 15.9. The summed E-state index contributed by atoms with van der Waals surface area (Å²) < 4.78 is 5.44. The first-order valence-corrected chi connectivity index (χ1v) is 8.60. The Kier molecular flexibility index (Phi) is 4.88. The number of furan rings is 1.